The lowest BCUT2D eigenvalue weighted by Gasteiger charge is -2.33. The zero-order chi connectivity index (χ0) is 28.0. The van der Waals surface area contributed by atoms with Gasteiger partial charge in [0.05, 0.1) is 10.6 Å². The standard InChI is InChI=1S/C30H37N3O4S/c1-7-28(30(35)31-6)32(19-25-13-8-21(2)9-14-25)29(34)20-33(26-15-12-23(4)24(5)18-26)38(36,37)27-16-10-22(3)11-17-27/h8-18,28H,7,19-20H2,1-6H3,(H,31,35)/t28-/m1/s1. The highest BCUT2D eigenvalue weighted by Crippen LogP contribution is 2.27. The van der Waals surface area contributed by atoms with Gasteiger partial charge in [-0.15, -0.1) is 0 Å². The minimum atomic E-state index is -4.08. The van der Waals surface area contributed by atoms with Crippen LogP contribution in [0.4, 0.5) is 5.69 Å². The molecule has 0 bridgehead atoms. The fourth-order valence-corrected chi connectivity index (χ4v) is 5.63. The number of anilines is 1. The number of nitrogens with one attached hydrogen (secondary N) is 1. The van der Waals surface area contributed by atoms with E-state index in [9.17, 15) is 18.0 Å². The van der Waals surface area contributed by atoms with E-state index >= 15 is 0 Å². The molecule has 8 heteroatoms. The van der Waals surface area contributed by atoms with Crippen LogP contribution in [0.2, 0.25) is 0 Å². The second kappa shape index (κ2) is 12.3. The Balaban J connectivity index is 2.08. The molecule has 0 saturated heterocycles. The number of nitrogens with zero attached hydrogens (tertiary/aromatic N) is 2. The predicted octanol–water partition coefficient (Wildman–Crippen LogP) is 4.67. The van der Waals surface area contributed by atoms with Crippen LogP contribution in [-0.2, 0) is 26.2 Å². The van der Waals surface area contributed by atoms with Crippen LogP contribution in [0.25, 0.3) is 0 Å². The van der Waals surface area contributed by atoms with Crippen molar-refractivity contribution < 1.29 is 18.0 Å². The van der Waals surface area contributed by atoms with E-state index in [1.807, 2.05) is 65.0 Å². The maximum atomic E-state index is 13.9. The number of rotatable bonds is 10. The molecule has 1 atom stereocenters. The third kappa shape index (κ3) is 6.61. The summed E-state index contributed by atoms with van der Waals surface area (Å²) in [5.41, 5.74) is 5.18. The van der Waals surface area contributed by atoms with E-state index in [0.29, 0.717) is 12.1 Å². The average molecular weight is 536 g/mol. The fraction of sp³-hybridized carbons (Fsp3) is 0.333. The van der Waals surface area contributed by atoms with Crippen LogP contribution < -0.4 is 9.62 Å². The number of benzene rings is 3. The molecule has 0 fully saturated rings. The molecule has 0 aliphatic carbocycles. The van der Waals surface area contributed by atoms with Crippen LogP contribution in [0.1, 0.15) is 41.2 Å². The summed E-state index contributed by atoms with van der Waals surface area (Å²) in [7, 11) is -2.55. The summed E-state index contributed by atoms with van der Waals surface area (Å²) in [5, 5.41) is 2.64. The molecular formula is C30H37N3O4S. The van der Waals surface area contributed by atoms with Crippen molar-refractivity contribution in [3.8, 4) is 0 Å². The largest absolute Gasteiger partial charge is 0.357 e. The summed E-state index contributed by atoms with van der Waals surface area (Å²) in [6.07, 6.45) is 0.381. The maximum absolute atomic E-state index is 13.9. The molecule has 3 aromatic rings. The smallest absolute Gasteiger partial charge is 0.264 e. The zero-order valence-electron chi connectivity index (χ0n) is 23.0. The number of likely N-dealkylation sites (N-methyl/N-ethyl adjacent to an activating group) is 1. The highest BCUT2D eigenvalue weighted by atomic mass is 32.2. The minimum Gasteiger partial charge on any atom is -0.357 e. The molecule has 202 valence electrons. The number of aryl methyl sites for hydroxylation is 4. The first-order valence-electron chi connectivity index (χ1n) is 12.7. The molecule has 0 heterocycles. The summed E-state index contributed by atoms with van der Waals surface area (Å²) in [6.45, 7) is 9.27. The number of hydrogen-bond donors (Lipinski definition) is 1. The average Bonchev–Trinajstić information content (AvgIpc) is 2.89. The lowest BCUT2D eigenvalue weighted by atomic mass is 10.1. The predicted molar refractivity (Wildman–Crippen MR) is 152 cm³/mol. The molecule has 0 aliphatic heterocycles. The maximum Gasteiger partial charge on any atom is 0.264 e. The van der Waals surface area contributed by atoms with Crippen molar-refractivity contribution >= 4 is 27.5 Å². The minimum absolute atomic E-state index is 0.0950. The van der Waals surface area contributed by atoms with E-state index in [2.05, 4.69) is 5.32 Å². The Hall–Kier alpha value is -3.65. The first kappa shape index (κ1) is 28.9. The lowest BCUT2D eigenvalue weighted by molar-refractivity contribution is -0.140. The van der Waals surface area contributed by atoms with Crippen molar-refractivity contribution in [1.29, 1.82) is 0 Å². The van der Waals surface area contributed by atoms with Gasteiger partial charge in [-0.3, -0.25) is 13.9 Å². The molecule has 0 unspecified atom stereocenters. The van der Waals surface area contributed by atoms with E-state index in [1.54, 1.807) is 36.4 Å². The second-order valence-electron chi connectivity index (χ2n) is 9.64. The molecule has 0 aromatic heterocycles. The van der Waals surface area contributed by atoms with Crippen LogP contribution in [0.5, 0.6) is 0 Å². The molecule has 3 aromatic carbocycles. The molecule has 38 heavy (non-hydrogen) atoms. The van der Waals surface area contributed by atoms with Crippen molar-refractivity contribution in [3.05, 3.63) is 94.5 Å². The summed E-state index contributed by atoms with van der Waals surface area (Å²) in [5.74, 6) is -0.762. The van der Waals surface area contributed by atoms with E-state index in [0.717, 1.165) is 32.1 Å². The summed E-state index contributed by atoms with van der Waals surface area (Å²) >= 11 is 0. The van der Waals surface area contributed by atoms with E-state index in [-0.39, 0.29) is 17.3 Å². The van der Waals surface area contributed by atoms with Gasteiger partial charge in [0.15, 0.2) is 0 Å². The number of sulfonamides is 1. The van der Waals surface area contributed by atoms with E-state index in [1.165, 1.54) is 11.9 Å². The van der Waals surface area contributed by atoms with Crippen molar-refractivity contribution in [2.45, 2.75) is 58.5 Å². The Morgan fingerprint density at radius 2 is 1.42 bits per heavy atom. The Morgan fingerprint density at radius 3 is 1.95 bits per heavy atom. The summed E-state index contributed by atoms with van der Waals surface area (Å²) in [6, 6.07) is 18.9. The zero-order valence-corrected chi connectivity index (χ0v) is 23.8. The highest BCUT2D eigenvalue weighted by molar-refractivity contribution is 7.92. The van der Waals surface area contributed by atoms with E-state index < -0.39 is 28.5 Å². The third-order valence-electron chi connectivity index (χ3n) is 6.77. The second-order valence-corrected chi connectivity index (χ2v) is 11.5. The molecule has 0 saturated carbocycles. The first-order chi connectivity index (χ1) is 18.0. The number of carbonyl (C=O) groups excluding carboxylic acids is 2. The van der Waals surface area contributed by atoms with Crippen LogP contribution in [0.3, 0.4) is 0 Å². The van der Waals surface area contributed by atoms with Gasteiger partial charge in [0.2, 0.25) is 11.8 Å². The van der Waals surface area contributed by atoms with Crippen LogP contribution in [-0.4, -0.2) is 44.8 Å². The van der Waals surface area contributed by atoms with Crippen molar-refractivity contribution in [1.82, 2.24) is 10.2 Å². The molecule has 2 amide bonds. The van der Waals surface area contributed by atoms with Crippen LogP contribution in [0, 0.1) is 27.7 Å². The number of amides is 2. The van der Waals surface area contributed by atoms with Gasteiger partial charge in [-0.1, -0.05) is 60.5 Å². The topological polar surface area (TPSA) is 86.8 Å². The highest BCUT2D eigenvalue weighted by Gasteiger charge is 2.33. The molecule has 1 N–H and O–H groups in total. The van der Waals surface area contributed by atoms with Crippen molar-refractivity contribution in [2.24, 2.45) is 0 Å². The Morgan fingerprint density at radius 1 is 0.842 bits per heavy atom. The van der Waals surface area contributed by atoms with E-state index in [4.69, 9.17) is 0 Å². The quantitative estimate of drug-likeness (QED) is 0.409. The SMILES string of the molecule is CC[C@H](C(=O)NC)N(Cc1ccc(C)cc1)C(=O)CN(c1ccc(C)c(C)c1)S(=O)(=O)c1ccc(C)cc1. The molecule has 7 nitrogen and oxygen atoms in total. The Labute approximate surface area is 226 Å². The van der Waals surface area contributed by atoms with Crippen molar-refractivity contribution in [3.63, 3.8) is 0 Å². The lowest BCUT2D eigenvalue weighted by Crippen LogP contribution is -2.51. The van der Waals surface area contributed by atoms with Gasteiger partial charge in [0.25, 0.3) is 10.0 Å². The summed E-state index contributed by atoms with van der Waals surface area (Å²) in [4.78, 5) is 28.3. The molecule has 0 spiro atoms. The van der Waals surface area contributed by atoms with Gasteiger partial charge >= 0.3 is 0 Å². The Kier molecular flexibility index (Phi) is 9.33. The summed E-state index contributed by atoms with van der Waals surface area (Å²) < 4.78 is 28.9. The normalized spacial score (nSPS) is 12.1. The third-order valence-corrected chi connectivity index (χ3v) is 8.56. The van der Waals surface area contributed by atoms with Gasteiger partial charge in [0, 0.05) is 13.6 Å². The van der Waals surface area contributed by atoms with Gasteiger partial charge < -0.3 is 10.2 Å². The monoisotopic (exact) mass is 535 g/mol. The number of hydrogen-bond acceptors (Lipinski definition) is 4. The van der Waals surface area contributed by atoms with Gasteiger partial charge in [-0.2, -0.15) is 0 Å². The van der Waals surface area contributed by atoms with Gasteiger partial charge in [-0.25, -0.2) is 8.42 Å². The van der Waals surface area contributed by atoms with Crippen LogP contribution in [0.15, 0.2) is 71.6 Å². The fourth-order valence-electron chi connectivity index (χ4n) is 4.22. The van der Waals surface area contributed by atoms with Crippen LogP contribution >= 0.6 is 0 Å². The molecule has 0 aliphatic rings. The van der Waals surface area contributed by atoms with Gasteiger partial charge in [-0.05, 0) is 75.1 Å². The first-order valence-corrected chi connectivity index (χ1v) is 14.1. The Bertz CT molecular complexity index is 1380. The molecule has 0 radical (unpaired) electrons. The van der Waals surface area contributed by atoms with Crippen molar-refractivity contribution in [2.75, 3.05) is 17.9 Å². The number of carbonyl (C=O) groups is 2. The molecule has 3 rings (SSSR count). The van der Waals surface area contributed by atoms with Gasteiger partial charge in [0.1, 0.15) is 12.6 Å². The molecular weight excluding hydrogens is 498 g/mol.